The van der Waals surface area contributed by atoms with E-state index in [2.05, 4.69) is 57.5 Å². The van der Waals surface area contributed by atoms with Crippen LogP contribution in [0.2, 0.25) is 0 Å². The Morgan fingerprint density at radius 2 is 0.660 bits per heavy atom. The van der Waals surface area contributed by atoms with Crippen molar-refractivity contribution in [3.05, 3.63) is 0 Å². The number of aliphatic hydroxyl groups excluding tert-OH is 1. The molecule has 103 heavy (non-hydrogen) atoms. The molecular formula is C81H152N3O18P. The van der Waals surface area contributed by atoms with E-state index in [9.17, 15) is 58.1 Å². The molecule has 0 bridgehead atoms. The first-order chi connectivity index (χ1) is 49.8. The first-order valence-electron chi connectivity index (χ1n) is 42.2. The Hall–Kier alpha value is -3.72. The van der Waals surface area contributed by atoms with Gasteiger partial charge in [0.25, 0.3) is 0 Å². The molecule has 0 aromatic rings. The van der Waals surface area contributed by atoms with Crippen LogP contribution in [-0.4, -0.2) is 130 Å². The summed E-state index contributed by atoms with van der Waals surface area (Å²) in [5.41, 5.74) is 0. The quantitative estimate of drug-likeness (QED) is 0.0129. The van der Waals surface area contributed by atoms with Crippen molar-refractivity contribution in [2.24, 2.45) is 0 Å². The summed E-state index contributed by atoms with van der Waals surface area (Å²) in [7, 11) is -5.52. The lowest BCUT2D eigenvalue weighted by atomic mass is 9.93. The van der Waals surface area contributed by atoms with Crippen molar-refractivity contribution in [1.82, 2.24) is 16.0 Å². The standard InChI is InChI=1S/C81H152N3O18P/c1-7-13-19-25-31-34-40-43-49-55-66(98-74(89)58-52-46-37-28-22-16-10-4)61-71(86)82-69(80(92)93)65-97-81-78(84-73(88)63-68(57-51-45-42-36-33-27-21-15-9-3)100-76(91)60-54-48-39-30-24-18-12-6)77(79(70(64-85)101-81)102-103(94,95)96)83-72(87)62-67(56-50-44-41-35-32-26-20-14-8-2)99-75(90)59-53-47-38-29-23-17-11-5/h66-70,77-79,81,85H,7-65H2,1-6H3,(H,82,86)(H,83,87)(H,84,88)(H,92,93)(H2,94,95,96)/t66-,67-,68-,69+,70?,77-,78?,79-,81-/m1/s1. The zero-order valence-corrected chi connectivity index (χ0v) is 66.8. The number of hydrogen-bond acceptors (Lipinski definition) is 15. The number of carboxylic acid groups (broad SMARTS) is 1. The number of ether oxygens (including phenoxy) is 5. The number of aliphatic carboxylic acids is 1. The molecule has 3 amide bonds. The fraction of sp³-hybridized carbons (Fsp3) is 0.914. The lowest BCUT2D eigenvalue weighted by Crippen LogP contribution is -2.70. The van der Waals surface area contributed by atoms with E-state index < -0.39 is 130 Å². The van der Waals surface area contributed by atoms with Gasteiger partial charge >= 0.3 is 31.7 Å². The third-order valence-corrected chi connectivity index (χ3v) is 20.4. The van der Waals surface area contributed by atoms with E-state index in [1.807, 2.05) is 0 Å². The average Bonchev–Trinajstić information content (AvgIpc) is 0.780. The van der Waals surface area contributed by atoms with E-state index in [0.29, 0.717) is 57.8 Å². The Morgan fingerprint density at radius 1 is 0.388 bits per heavy atom. The molecule has 1 fully saturated rings. The maximum absolute atomic E-state index is 14.9. The van der Waals surface area contributed by atoms with E-state index in [1.54, 1.807) is 0 Å². The molecule has 0 aromatic heterocycles. The number of phosphoric acid groups is 1. The number of rotatable bonds is 73. The summed E-state index contributed by atoms with van der Waals surface area (Å²) in [6.07, 6.45) is 41.0. The van der Waals surface area contributed by atoms with Crippen LogP contribution in [0.4, 0.5) is 0 Å². The minimum Gasteiger partial charge on any atom is -0.480 e. The van der Waals surface area contributed by atoms with Crippen LogP contribution >= 0.6 is 7.82 Å². The van der Waals surface area contributed by atoms with Crippen LogP contribution in [0, 0.1) is 0 Å². The van der Waals surface area contributed by atoms with E-state index in [0.717, 1.165) is 225 Å². The SMILES string of the molecule is CCCCCCCCCCC[C@H](CC(=O)NC1[C@H](OC[C@H](NC(=O)C[C@@H](CCCCCCCCCCC)OC(=O)CCCCCCCCC)C(=O)O)OC(CO)[C@@H](OP(=O)(O)O)[C@@H]1NC(=O)C[C@@H](CCCCCCCCCCC)OC(=O)CCCCCCCCC)OC(=O)CCCCCCCCC. The van der Waals surface area contributed by atoms with Crippen LogP contribution < -0.4 is 16.0 Å². The first-order valence-corrected chi connectivity index (χ1v) is 43.7. The van der Waals surface area contributed by atoms with Gasteiger partial charge in [-0.15, -0.1) is 0 Å². The molecule has 1 heterocycles. The fourth-order valence-electron chi connectivity index (χ4n) is 13.6. The third-order valence-electron chi connectivity index (χ3n) is 19.8. The van der Waals surface area contributed by atoms with Crippen LogP contribution in [-0.2, 0) is 66.3 Å². The summed E-state index contributed by atoms with van der Waals surface area (Å²) in [5, 5.41) is 29.9. The van der Waals surface area contributed by atoms with Crippen LogP contribution in [0.5, 0.6) is 0 Å². The van der Waals surface area contributed by atoms with Gasteiger partial charge < -0.3 is 59.6 Å². The smallest absolute Gasteiger partial charge is 0.470 e. The zero-order chi connectivity index (χ0) is 75.8. The summed E-state index contributed by atoms with van der Waals surface area (Å²) < 4.78 is 48.9. The van der Waals surface area contributed by atoms with Crippen molar-refractivity contribution in [3.8, 4) is 0 Å². The topological polar surface area (TPSA) is 309 Å². The highest BCUT2D eigenvalue weighted by atomic mass is 31.2. The molecular weight excluding hydrogens is 1330 g/mol. The van der Waals surface area contributed by atoms with Crippen molar-refractivity contribution in [3.63, 3.8) is 0 Å². The molecule has 1 rings (SSSR count). The minimum atomic E-state index is -5.52. The maximum atomic E-state index is 14.9. The number of nitrogens with one attached hydrogen (secondary N) is 3. The number of carboxylic acids is 1. The number of carbonyl (C=O) groups excluding carboxylic acids is 6. The van der Waals surface area contributed by atoms with Gasteiger partial charge in [-0.3, -0.25) is 33.3 Å². The van der Waals surface area contributed by atoms with Gasteiger partial charge in [0.2, 0.25) is 17.7 Å². The van der Waals surface area contributed by atoms with Gasteiger partial charge in [-0.05, 0) is 57.8 Å². The second kappa shape index (κ2) is 66.5. The summed E-state index contributed by atoms with van der Waals surface area (Å²) in [5.74, 6) is -5.17. The summed E-state index contributed by atoms with van der Waals surface area (Å²) in [6, 6.07) is -5.17. The van der Waals surface area contributed by atoms with Crippen molar-refractivity contribution in [2.75, 3.05) is 13.2 Å². The molecule has 1 aliphatic heterocycles. The van der Waals surface area contributed by atoms with Crippen molar-refractivity contribution in [2.45, 2.75) is 462 Å². The van der Waals surface area contributed by atoms with Gasteiger partial charge in [0, 0.05) is 19.3 Å². The van der Waals surface area contributed by atoms with Gasteiger partial charge in [0.1, 0.15) is 36.6 Å². The number of phosphoric ester groups is 1. The van der Waals surface area contributed by atoms with Crippen molar-refractivity contribution < 1.29 is 86.3 Å². The molecule has 2 unspecified atom stereocenters. The Balaban J connectivity index is 3.85. The predicted octanol–water partition coefficient (Wildman–Crippen LogP) is 18.8. The Morgan fingerprint density at radius 3 is 0.942 bits per heavy atom. The monoisotopic (exact) mass is 1490 g/mol. The molecule has 0 radical (unpaired) electrons. The Labute approximate surface area is 624 Å². The highest BCUT2D eigenvalue weighted by Gasteiger charge is 2.51. The number of aliphatic hydroxyl groups is 1. The van der Waals surface area contributed by atoms with Crippen molar-refractivity contribution in [1.29, 1.82) is 0 Å². The van der Waals surface area contributed by atoms with Gasteiger partial charge in [0.05, 0.1) is 38.5 Å². The maximum Gasteiger partial charge on any atom is 0.470 e. The normalized spacial score (nSPS) is 17.3. The van der Waals surface area contributed by atoms with Crippen LogP contribution in [0.1, 0.15) is 408 Å². The third kappa shape index (κ3) is 55.4. The Bertz CT molecular complexity index is 2170. The molecule has 1 aliphatic rings. The van der Waals surface area contributed by atoms with Gasteiger partial charge in [-0.1, -0.05) is 311 Å². The molecule has 0 saturated carbocycles. The molecule has 604 valence electrons. The minimum absolute atomic E-state index is 0.145. The van der Waals surface area contributed by atoms with Crippen LogP contribution in [0.3, 0.4) is 0 Å². The number of esters is 3. The van der Waals surface area contributed by atoms with E-state index in [-0.39, 0.29) is 25.7 Å². The molecule has 7 N–H and O–H groups in total. The average molecular weight is 1490 g/mol. The first kappa shape index (κ1) is 97.3. The summed E-state index contributed by atoms with van der Waals surface area (Å²) in [4.78, 5) is 118. The number of amides is 3. The summed E-state index contributed by atoms with van der Waals surface area (Å²) in [6.45, 7) is 11.2. The van der Waals surface area contributed by atoms with E-state index >= 15 is 0 Å². The van der Waals surface area contributed by atoms with Gasteiger partial charge in [-0.25, -0.2) is 9.36 Å². The number of hydrogen-bond donors (Lipinski definition) is 7. The van der Waals surface area contributed by atoms with Gasteiger partial charge in [-0.2, -0.15) is 0 Å². The molecule has 22 heteroatoms. The van der Waals surface area contributed by atoms with E-state index in [1.165, 1.54) is 44.9 Å². The highest BCUT2D eigenvalue weighted by Crippen LogP contribution is 2.42. The molecule has 0 aromatic carbocycles. The fourth-order valence-corrected chi connectivity index (χ4v) is 14.2. The van der Waals surface area contributed by atoms with Crippen molar-refractivity contribution >= 4 is 49.4 Å². The highest BCUT2D eigenvalue weighted by molar-refractivity contribution is 7.46. The number of carbonyl (C=O) groups is 7. The molecule has 0 aliphatic carbocycles. The zero-order valence-electron chi connectivity index (χ0n) is 65.9. The molecule has 1 saturated heterocycles. The lowest BCUT2D eigenvalue weighted by Gasteiger charge is -2.46. The second-order valence-electron chi connectivity index (χ2n) is 29.7. The van der Waals surface area contributed by atoms with Crippen LogP contribution in [0.15, 0.2) is 0 Å². The predicted molar refractivity (Wildman–Crippen MR) is 409 cm³/mol. The molecule has 21 nitrogen and oxygen atoms in total. The molecule has 0 spiro atoms. The molecule has 9 atom stereocenters. The number of unbranched alkanes of at least 4 members (excludes halogenated alkanes) is 42. The largest absolute Gasteiger partial charge is 0.480 e. The second-order valence-corrected chi connectivity index (χ2v) is 30.9. The summed E-state index contributed by atoms with van der Waals surface area (Å²) >= 11 is 0. The van der Waals surface area contributed by atoms with Crippen LogP contribution in [0.25, 0.3) is 0 Å². The Kier molecular flexibility index (Phi) is 62.8. The lowest BCUT2D eigenvalue weighted by molar-refractivity contribution is -0.249. The van der Waals surface area contributed by atoms with E-state index in [4.69, 9.17) is 28.2 Å². The van der Waals surface area contributed by atoms with Gasteiger partial charge in [0.15, 0.2) is 12.3 Å².